The highest BCUT2D eigenvalue weighted by atomic mass is 32.2. The van der Waals surface area contributed by atoms with E-state index in [1.54, 1.807) is 20.8 Å². The number of hydrogen-bond acceptors (Lipinski definition) is 3. The fraction of sp³-hybridized carbons (Fsp3) is 0.933. The van der Waals surface area contributed by atoms with E-state index in [4.69, 9.17) is 0 Å². The molecule has 0 bridgehead atoms. The molecular weight excluding hydrogens is 258 g/mol. The van der Waals surface area contributed by atoms with Crippen molar-refractivity contribution in [1.29, 1.82) is 5.26 Å². The smallest absolute Gasteiger partial charge is 0.155 e. The van der Waals surface area contributed by atoms with Gasteiger partial charge in [-0.3, -0.25) is 0 Å². The topological polar surface area (TPSA) is 57.9 Å². The first-order chi connectivity index (χ1) is 8.66. The van der Waals surface area contributed by atoms with Crippen LogP contribution in [0.25, 0.3) is 0 Å². The summed E-state index contributed by atoms with van der Waals surface area (Å²) in [6.45, 7) is 7.36. The summed E-state index contributed by atoms with van der Waals surface area (Å²) in [6, 6.07) is 2.44. The second-order valence-electron chi connectivity index (χ2n) is 6.94. The number of rotatable bonds is 4. The van der Waals surface area contributed by atoms with Gasteiger partial charge in [0.15, 0.2) is 9.84 Å². The summed E-state index contributed by atoms with van der Waals surface area (Å²) in [5.41, 5.74) is -0.406. The van der Waals surface area contributed by atoms with Gasteiger partial charge in [0.25, 0.3) is 0 Å². The minimum absolute atomic E-state index is 0.139. The van der Waals surface area contributed by atoms with E-state index in [2.05, 4.69) is 13.0 Å². The quantitative estimate of drug-likeness (QED) is 0.791. The molecule has 2 atom stereocenters. The van der Waals surface area contributed by atoms with Gasteiger partial charge in [0.1, 0.15) is 0 Å². The summed E-state index contributed by atoms with van der Waals surface area (Å²) in [5, 5.41) is 9.51. The molecule has 0 aromatic rings. The molecule has 0 radical (unpaired) electrons. The molecule has 0 aliphatic heterocycles. The Morgan fingerprint density at radius 1 is 1.37 bits per heavy atom. The first-order valence-electron chi connectivity index (χ1n) is 7.29. The zero-order valence-electron chi connectivity index (χ0n) is 12.7. The summed E-state index contributed by atoms with van der Waals surface area (Å²) in [6.07, 6.45) is 5.57. The molecule has 3 nitrogen and oxygen atoms in total. The van der Waals surface area contributed by atoms with E-state index in [1.165, 1.54) is 6.42 Å². The maximum atomic E-state index is 12.2. The van der Waals surface area contributed by atoms with Gasteiger partial charge in [-0.05, 0) is 46.0 Å². The van der Waals surface area contributed by atoms with Crippen molar-refractivity contribution in [3.05, 3.63) is 0 Å². The van der Waals surface area contributed by atoms with Crippen LogP contribution in [0.2, 0.25) is 0 Å². The third-order valence-electron chi connectivity index (χ3n) is 4.54. The van der Waals surface area contributed by atoms with Gasteiger partial charge in [0, 0.05) is 0 Å². The average Bonchev–Trinajstić information content (AvgIpc) is 2.35. The fourth-order valence-electron chi connectivity index (χ4n) is 2.85. The van der Waals surface area contributed by atoms with Crippen molar-refractivity contribution in [2.75, 3.05) is 5.75 Å². The molecule has 0 aromatic heterocycles. The lowest BCUT2D eigenvalue weighted by Crippen LogP contribution is -2.35. The Morgan fingerprint density at radius 3 is 2.47 bits per heavy atom. The molecule has 0 saturated heterocycles. The Kier molecular flexibility index (Phi) is 5.06. The molecule has 19 heavy (non-hydrogen) atoms. The van der Waals surface area contributed by atoms with Crippen molar-refractivity contribution in [1.82, 2.24) is 0 Å². The SMILES string of the molecule is CCC1CCCC(C#N)(CCS(=O)(=O)C(C)(C)C)C1. The highest BCUT2D eigenvalue weighted by Gasteiger charge is 2.38. The van der Waals surface area contributed by atoms with Crippen molar-refractivity contribution in [2.24, 2.45) is 11.3 Å². The highest BCUT2D eigenvalue weighted by molar-refractivity contribution is 7.92. The third kappa shape index (κ3) is 3.95. The lowest BCUT2D eigenvalue weighted by molar-refractivity contribution is 0.190. The molecule has 2 unspecified atom stereocenters. The van der Waals surface area contributed by atoms with Gasteiger partial charge in [0.05, 0.1) is 22.0 Å². The van der Waals surface area contributed by atoms with Crippen LogP contribution in [0, 0.1) is 22.7 Å². The maximum absolute atomic E-state index is 12.2. The Balaban J connectivity index is 2.76. The normalized spacial score (nSPS) is 28.9. The van der Waals surface area contributed by atoms with Gasteiger partial charge in [-0.15, -0.1) is 0 Å². The van der Waals surface area contributed by atoms with E-state index in [-0.39, 0.29) is 5.75 Å². The summed E-state index contributed by atoms with van der Waals surface area (Å²) in [7, 11) is -3.12. The van der Waals surface area contributed by atoms with Crippen molar-refractivity contribution in [3.8, 4) is 6.07 Å². The van der Waals surface area contributed by atoms with Crippen LogP contribution >= 0.6 is 0 Å². The molecule has 110 valence electrons. The summed E-state index contributed by atoms with van der Waals surface area (Å²) in [5.74, 6) is 0.728. The third-order valence-corrected chi connectivity index (χ3v) is 7.15. The lowest BCUT2D eigenvalue weighted by Gasteiger charge is -2.36. The summed E-state index contributed by atoms with van der Waals surface area (Å²) < 4.78 is 23.7. The fourth-order valence-corrected chi connectivity index (χ4v) is 4.13. The van der Waals surface area contributed by atoms with Crippen LogP contribution in [0.15, 0.2) is 0 Å². The van der Waals surface area contributed by atoms with E-state index in [9.17, 15) is 13.7 Å². The zero-order valence-corrected chi connectivity index (χ0v) is 13.5. The van der Waals surface area contributed by atoms with E-state index in [1.807, 2.05) is 0 Å². The van der Waals surface area contributed by atoms with Crippen molar-refractivity contribution < 1.29 is 8.42 Å². The number of sulfone groups is 1. The monoisotopic (exact) mass is 285 g/mol. The van der Waals surface area contributed by atoms with Gasteiger partial charge in [0.2, 0.25) is 0 Å². The molecule has 1 fully saturated rings. The minimum Gasteiger partial charge on any atom is -0.228 e. The molecule has 0 spiro atoms. The van der Waals surface area contributed by atoms with Crippen LogP contribution in [-0.2, 0) is 9.84 Å². The van der Waals surface area contributed by atoms with Crippen LogP contribution in [0.5, 0.6) is 0 Å². The Morgan fingerprint density at radius 2 is 2.00 bits per heavy atom. The second-order valence-corrected chi connectivity index (χ2v) is 9.81. The molecule has 0 N–H and O–H groups in total. The van der Waals surface area contributed by atoms with Gasteiger partial charge in [-0.2, -0.15) is 5.26 Å². The van der Waals surface area contributed by atoms with Crippen LogP contribution in [0.1, 0.15) is 66.2 Å². The predicted molar refractivity (Wildman–Crippen MR) is 78.5 cm³/mol. The van der Waals surface area contributed by atoms with E-state index < -0.39 is 20.0 Å². The molecule has 0 aromatic carbocycles. The van der Waals surface area contributed by atoms with Crippen LogP contribution < -0.4 is 0 Å². The minimum atomic E-state index is -3.12. The molecule has 1 saturated carbocycles. The van der Waals surface area contributed by atoms with Crippen molar-refractivity contribution >= 4 is 9.84 Å². The van der Waals surface area contributed by atoms with Crippen LogP contribution in [0.4, 0.5) is 0 Å². The molecule has 0 heterocycles. The first kappa shape index (κ1) is 16.5. The van der Waals surface area contributed by atoms with E-state index in [0.29, 0.717) is 12.3 Å². The van der Waals surface area contributed by atoms with Crippen LogP contribution in [-0.4, -0.2) is 18.9 Å². The maximum Gasteiger partial charge on any atom is 0.155 e. The Hall–Kier alpha value is -0.560. The molecule has 1 rings (SSSR count). The molecule has 1 aliphatic rings. The van der Waals surface area contributed by atoms with E-state index >= 15 is 0 Å². The van der Waals surface area contributed by atoms with Gasteiger partial charge >= 0.3 is 0 Å². The van der Waals surface area contributed by atoms with Crippen LogP contribution in [0.3, 0.4) is 0 Å². The van der Waals surface area contributed by atoms with E-state index in [0.717, 1.165) is 25.7 Å². The number of nitrogens with zero attached hydrogens (tertiary/aromatic N) is 1. The average molecular weight is 285 g/mol. The molecule has 4 heteroatoms. The number of nitriles is 1. The molecule has 0 amide bonds. The van der Waals surface area contributed by atoms with Crippen molar-refractivity contribution in [2.45, 2.75) is 71.0 Å². The molecule has 1 aliphatic carbocycles. The van der Waals surface area contributed by atoms with Gasteiger partial charge < -0.3 is 0 Å². The van der Waals surface area contributed by atoms with Crippen molar-refractivity contribution in [3.63, 3.8) is 0 Å². The molecular formula is C15H27NO2S. The summed E-state index contributed by atoms with van der Waals surface area (Å²) in [4.78, 5) is 0. The van der Waals surface area contributed by atoms with Gasteiger partial charge in [-0.25, -0.2) is 8.42 Å². The Labute approximate surface area is 118 Å². The summed E-state index contributed by atoms with van der Waals surface area (Å²) >= 11 is 0. The standard InChI is InChI=1S/C15H27NO2S/c1-5-13-7-6-8-15(11-13,12-16)9-10-19(17,18)14(2,3)4/h13H,5-11H2,1-4H3. The lowest BCUT2D eigenvalue weighted by atomic mass is 9.68. The Bertz CT molecular complexity index is 442. The largest absolute Gasteiger partial charge is 0.228 e. The number of hydrogen-bond donors (Lipinski definition) is 0. The predicted octanol–water partition coefficient (Wildman–Crippen LogP) is 3.70. The zero-order chi connectivity index (χ0) is 14.7. The van der Waals surface area contributed by atoms with Gasteiger partial charge in [-0.1, -0.05) is 26.2 Å². The highest BCUT2D eigenvalue weighted by Crippen LogP contribution is 2.43. The first-order valence-corrected chi connectivity index (χ1v) is 8.94. The second kappa shape index (κ2) is 5.83.